The molecule has 2 N–H and O–H groups in total. The molecule has 2 amide bonds. The van der Waals surface area contributed by atoms with Crippen molar-refractivity contribution in [2.24, 2.45) is 5.92 Å². The van der Waals surface area contributed by atoms with Gasteiger partial charge in [0, 0.05) is 18.0 Å². The summed E-state index contributed by atoms with van der Waals surface area (Å²) in [6, 6.07) is 15.4. The van der Waals surface area contributed by atoms with Crippen molar-refractivity contribution in [1.29, 1.82) is 0 Å². The third-order valence-electron chi connectivity index (χ3n) is 6.26. The number of nitrogens with zero attached hydrogens (tertiary/aromatic N) is 2. The van der Waals surface area contributed by atoms with Gasteiger partial charge in [0.2, 0.25) is 5.91 Å². The number of nitrogens with one attached hydrogen (secondary N) is 2. The molecule has 0 saturated heterocycles. The Bertz CT molecular complexity index is 1100. The molecule has 1 aliphatic rings. The fourth-order valence-electron chi connectivity index (χ4n) is 4.49. The number of thioether (sulfide) groups is 1. The van der Waals surface area contributed by atoms with E-state index in [-0.39, 0.29) is 11.8 Å². The van der Waals surface area contributed by atoms with Crippen molar-refractivity contribution in [2.45, 2.75) is 57.0 Å². The zero-order valence-corrected chi connectivity index (χ0v) is 20.0. The molecule has 6 nitrogen and oxygen atoms in total. The zero-order chi connectivity index (χ0) is 23.0. The van der Waals surface area contributed by atoms with Gasteiger partial charge in [-0.15, -0.1) is 11.8 Å². The number of imidazole rings is 1. The average Bonchev–Trinajstić information content (AvgIpc) is 3.23. The van der Waals surface area contributed by atoms with Crippen LogP contribution >= 0.6 is 11.8 Å². The quantitative estimate of drug-likeness (QED) is 0.447. The zero-order valence-electron chi connectivity index (χ0n) is 19.2. The molecule has 174 valence electrons. The van der Waals surface area contributed by atoms with Crippen molar-refractivity contribution in [3.8, 4) is 0 Å². The van der Waals surface area contributed by atoms with Crippen LogP contribution in [0.15, 0.2) is 53.4 Å². The topological polar surface area (TPSA) is 76.0 Å². The molecular weight excluding hydrogens is 432 g/mol. The molecule has 2 aromatic carbocycles. The lowest BCUT2D eigenvalue weighted by atomic mass is 9.89. The van der Waals surface area contributed by atoms with Gasteiger partial charge in [-0.05, 0) is 49.9 Å². The summed E-state index contributed by atoms with van der Waals surface area (Å²) in [6.07, 6.45) is 6.28. The molecule has 7 heteroatoms. The maximum absolute atomic E-state index is 13.0. The summed E-state index contributed by atoms with van der Waals surface area (Å²) in [4.78, 5) is 30.8. The van der Waals surface area contributed by atoms with Crippen molar-refractivity contribution in [3.63, 3.8) is 0 Å². The molecule has 0 bridgehead atoms. The van der Waals surface area contributed by atoms with Gasteiger partial charge in [0.15, 0.2) is 0 Å². The molecule has 33 heavy (non-hydrogen) atoms. The van der Waals surface area contributed by atoms with Crippen LogP contribution in [0.2, 0.25) is 0 Å². The van der Waals surface area contributed by atoms with Crippen LogP contribution < -0.4 is 10.6 Å². The van der Waals surface area contributed by atoms with Gasteiger partial charge in [0.25, 0.3) is 5.91 Å². The number of fused-ring (bicyclic) bond motifs is 1. The van der Waals surface area contributed by atoms with Gasteiger partial charge in [-0.25, -0.2) is 4.98 Å². The van der Waals surface area contributed by atoms with Crippen LogP contribution in [0.5, 0.6) is 0 Å². The normalized spacial score (nSPS) is 14.3. The Hall–Kier alpha value is -2.80. The first-order chi connectivity index (χ1) is 16.2. The van der Waals surface area contributed by atoms with Gasteiger partial charge in [0.1, 0.15) is 5.82 Å². The van der Waals surface area contributed by atoms with Gasteiger partial charge < -0.3 is 15.2 Å². The molecule has 0 aliphatic heterocycles. The van der Waals surface area contributed by atoms with Crippen LogP contribution in [-0.2, 0) is 17.9 Å². The van der Waals surface area contributed by atoms with E-state index in [0.29, 0.717) is 23.8 Å². The summed E-state index contributed by atoms with van der Waals surface area (Å²) in [7, 11) is 0. The van der Waals surface area contributed by atoms with E-state index in [1.165, 1.54) is 43.9 Å². The number of carbonyl (C=O) groups excluding carboxylic acids is 2. The molecule has 0 unspecified atom stereocenters. The van der Waals surface area contributed by atoms with Crippen molar-refractivity contribution >= 4 is 34.6 Å². The number of aryl methyl sites for hydroxylation is 1. The fourth-order valence-corrected chi connectivity index (χ4v) is 5.37. The van der Waals surface area contributed by atoms with E-state index in [4.69, 9.17) is 0 Å². The number of amides is 2. The minimum atomic E-state index is -0.157. The Morgan fingerprint density at radius 3 is 2.61 bits per heavy atom. The van der Waals surface area contributed by atoms with Crippen LogP contribution in [0.3, 0.4) is 0 Å². The largest absolute Gasteiger partial charge is 0.355 e. The second-order valence-electron chi connectivity index (χ2n) is 8.54. The first kappa shape index (κ1) is 23.4. The molecule has 1 aliphatic carbocycles. The van der Waals surface area contributed by atoms with Gasteiger partial charge in [-0.3, -0.25) is 9.59 Å². The van der Waals surface area contributed by atoms with Gasteiger partial charge in [-0.2, -0.15) is 0 Å². The van der Waals surface area contributed by atoms with Crippen LogP contribution in [-0.4, -0.2) is 33.7 Å². The predicted octanol–water partition coefficient (Wildman–Crippen LogP) is 4.77. The number of benzene rings is 2. The fraction of sp³-hybridized carbons (Fsp3) is 0.423. The van der Waals surface area contributed by atoms with Gasteiger partial charge in [-0.1, -0.05) is 43.5 Å². The highest BCUT2D eigenvalue weighted by atomic mass is 32.2. The molecule has 3 aromatic rings. The smallest absolute Gasteiger partial charge is 0.252 e. The lowest BCUT2D eigenvalue weighted by Crippen LogP contribution is -2.31. The second kappa shape index (κ2) is 11.4. The molecular formula is C26H32N4O2S. The summed E-state index contributed by atoms with van der Waals surface area (Å²) in [5.41, 5.74) is 2.58. The first-order valence-electron chi connectivity index (χ1n) is 11.9. The first-order valence-corrected chi connectivity index (χ1v) is 12.8. The molecule has 0 radical (unpaired) electrons. The Balaban J connectivity index is 1.34. The monoisotopic (exact) mass is 464 g/mol. The van der Waals surface area contributed by atoms with E-state index in [1.807, 2.05) is 42.5 Å². The number of carbonyl (C=O) groups is 2. The van der Waals surface area contributed by atoms with Crippen LogP contribution in [0.25, 0.3) is 11.0 Å². The second-order valence-corrected chi connectivity index (χ2v) is 9.55. The Morgan fingerprint density at radius 2 is 1.79 bits per heavy atom. The molecule has 1 aromatic heterocycles. The number of hydrogen-bond acceptors (Lipinski definition) is 4. The third kappa shape index (κ3) is 5.96. The lowest BCUT2D eigenvalue weighted by molar-refractivity contribution is -0.118. The van der Waals surface area contributed by atoms with Crippen molar-refractivity contribution in [3.05, 3.63) is 59.9 Å². The Labute approximate surface area is 199 Å². The Morgan fingerprint density at radius 1 is 1.03 bits per heavy atom. The maximum atomic E-state index is 13.0. The lowest BCUT2D eigenvalue weighted by Gasteiger charge is -2.21. The summed E-state index contributed by atoms with van der Waals surface area (Å²) < 4.78 is 2.12. The number of aromatic nitrogens is 2. The predicted molar refractivity (Wildman–Crippen MR) is 133 cm³/mol. The molecule has 1 saturated carbocycles. The summed E-state index contributed by atoms with van der Waals surface area (Å²) >= 11 is 1.41. The highest BCUT2D eigenvalue weighted by Gasteiger charge is 2.17. The minimum Gasteiger partial charge on any atom is -0.355 e. The highest BCUT2D eigenvalue weighted by molar-refractivity contribution is 8.00. The van der Waals surface area contributed by atoms with E-state index >= 15 is 0 Å². The molecule has 1 fully saturated rings. The van der Waals surface area contributed by atoms with Gasteiger partial charge >= 0.3 is 0 Å². The summed E-state index contributed by atoms with van der Waals surface area (Å²) in [6.45, 7) is 3.97. The Kier molecular flexibility index (Phi) is 8.05. The number of hydrogen-bond donors (Lipinski definition) is 2. The van der Waals surface area contributed by atoms with Crippen molar-refractivity contribution in [2.75, 3.05) is 12.3 Å². The van der Waals surface area contributed by atoms with Crippen LogP contribution in [0, 0.1) is 5.92 Å². The van der Waals surface area contributed by atoms with E-state index in [1.54, 1.807) is 6.07 Å². The molecule has 4 rings (SSSR count). The summed E-state index contributed by atoms with van der Waals surface area (Å²) in [5, 5.41) is 6.08. The average molecular weight is 465 g/mol. The van der Waals surface area contributed by atoms with Crippen LogP contribution in [0.1, 0.15) is 55.2 Å². The molecule has 1 heterocycles. The highest BCUT2D eigenvalue weighted by Crippen LogP contribution is 2.24. The van der Waals surface area contributed by atoms with Gasteiger partial charge in [0.05, 0.1) is 28.9 Å². The summed E-state index contributed by atoms with van der Waals surface area (Å²) in [5.74, 6) is 1.62. The maximum Gasteiger partial charge on any atom is 0.252 e. The number of rotatable bonds is 9. The SMILES string of the molecule is CCn1c(CNC(=O)c2ccccc2SCC(=O)NCC2CCCCC2)nc2ccccc21. The standard InChI is InChI=1S/C26H32N4O2S/c1-2-30-22-14-8-7-13-21(22)29-24(30)17-28-26(32)20-12-6-9-15-23(20)33-18-25(31)27-16-19-10-4-3-5-11-19/h6-9,12-15,19H,2-5,10-11,16-18H2,1H3,(H,27,31)(H,28,32). The van der Waals surface area contributed by atoms with E-state index < -0.39 is 0 Å². The minimum absolute atomic E-state index is 0.0254. The number of para-hydroxylation sites is 2. The van der Waals surface area contributed by atoms with E-state index in [0.717, 1.165) is 34.8 Å². The van der Waals surface area contributed by atoms with Crippen LogP contribution in [0.4, 0.5) is 0 Å². The third-order valence-corrected chi connectivity index (χ3v) is 7.33. The molecule has 0 atom stereocenters. The van der Waals surface area contributed by atoms with Crippen molar-refractivity contribution in [1.82, 2.24) is 20.2 Å². The van der Waals surface area contributed by atoms with E-state index in [9.17, 15) is 9.59 Å². The molecule has 0 spiro atoms. The van der Waals surface area contributed by atoms with Crippen molar-refractivity contribution < 1.29 is 9.59 Å². The van der Waals surface area contributed by atoms with E-state index in [2.05, 4.69) is 27.1 Å².